The molecule has 1 aromatic rings. The lowest BCUT2D eigenvalue weighted by Gasteiger charge is -2.19. The lowest BCUT2D eigenvalue weighted by atomic mass is 9.90. The average molecular weight is 160 g/mol. The molecule has 0 spiro atoms. The standard InChI is InChI=1S/C11H12O/c12-11-5-7-3-1-2-4-8(7)9-6-10(9)11/h1-4,9-12H,5-6H2. The summed E-state index contributed by atoms with van der Waals surface area (Å²) in [6, 6.07) is 8.53. The first-order chi connectivity index (χ1) is 5.86. The van der Waals surface area contributed by atoms with Gasteiger partial charge in [0.15, 0.2) is 0 Å². The molecule has 3 unspecified atom stereocenters. The van der Waals surface area contributed by atoms with Crippen molar-refractivity contribution in [3.05, 3.63) is 35.4 Å². The Balaban J connectivity index is 2.10. The summed E-state index contributed by atoms with van der Waals surface area (Å²) in [5, 5.41) is 9.67. The minimum absolute atomic E-state index is 0.0649. The number of hydrogen-bond acceptors (Lipinski definition) is 1. The molecule has 1 saturated carbocycles. The maximum Gasteiger partial charge on any atom is 0.0614 e. The second kappa shape index (κ2) is 2.11. The fraction of sp³-hybridized carbons (Fsp3) is 0.455. The minimum atomic E-state index is -0.0649. The van der Waals surface area contributed by atoms with Gasteiger partial charge in [-0.1, -0.05) is 24.3 Å². The van der Waals surface area contributed by atoms with Crippen molar-refractivity contribution in [1.29, 1.82) is 0 Å². The lowest BCUT2D eigenvalue weighted by Crippen LogP contribution is -2.19. The number of fused-ring (bicyclic) bond motifs is 3. The van der Waals surface area contributed by atoms with Gasteiger partial charge in [-0.15, -0.1) is 0 Å². The van der Waals surface area contributed by atoms with Crippen molar-refractivity contribution in [3.63, 3.8) is 0 Å². The summed E-state index contributed by atoms with van der Waals surface area (Å²) in [4.78, 5) is 0. The molecule has 0 radical (unpaired) electrons. The van der Waals surface area contributed by atoms with Crippen LogP contribution in [0.5, 0.6) is 0 Å². The Labute approximate surface area is 72.0 Å². The largest absolute Gasteiger partial charge is 0.392 e. The van der Waals surface area contributed by atoms with Crippen LogP contribution < -0.4 is 0 Å². The molecular formula is C11H12O. The molecule has 0 amide bonds. The summed E-state index contributed by atoms with van der Waals surface area (Å²) in [6.07, 6.45) is 2.01. The Hall–Kier alpha value is -0.820. The first-order valence-electron chi connectivity index (χ1n) is 4.62. The van der Waals surface area contributed by atoms with E-state index in [1.807, 2.05) is 0 Å². The van der Waals surface area contributed by atoms with Crippen molar-refractivity contribution in [2.24, 2.45) is 5.92 Å². The van der Waals surface area contributed by atoms with E-state index in [1.54, 1.807) is 0 Å². The van der Waals surface area contributed by atoms with Crippen molar-refractivity contribution in [2.45, 2.75) is 24.9 Å². The van der Waals surface area contributed by atoms with E-state index in [0.717, 1.165) is 6.42 Å². The van der Waals surface area contributed by atoms with Crippen molar-refractivity contribution >= 4 is 0 Å². The van der Waals surface area contributed by atoms with Crippen LogP contribution in [0, 0.1) is 5.92 Å². The molecule has 0 aliphatic heterocycles. The third kappa shape index (κ3) is 0.774. The fourth-order valence-electron chi connectivity index (χ4n) is 2.46. The maximum atomic E-state index is 9.67. The average Bonchev–Trinajstić information content (AvgIpc) is 2.84. The second-order valence-corrected chi connectivity index (χ2v) is 3.98. The Morgan fingerprint density at radius 2 is 2.08 bits per heavy atom. The molecule has 0 bridgehead atoms. The van der Waals surface area contributed by atoms with E-state index in [2.05, 4.69) is 24.3 Å². The minimum Gasteiger partial charge on any atom is -0.392 e. The van der Waals surface area contributed by atoms with Gasteiger partial charge in [0.25, 0.3) is 0 Å². The van der Waals surface area contributed by atoms with E-state index in [9.17, 15) is 5.11 Å². The molecule has 1 aromatic carbocycles. The molecule has 0 saturated heterocycles. The van der Waals surface area contributed by atoms with E-state index in [1.165, 1.54) is 17.5 Å². The van der Waals surface area contributed by atoms with Crippen LogP contribution >= 0.6 is 0 Å². The lowest BCUT2D eigenvalue weighted by molar-refractivity contribution is 0.144. The SMILES string of the molecule is OC1Cc2ccccc2C2CC12. The van der Waals surface area contributed by atoms with Gasteiger partial charge < -0.3 is 5.11 Å². The van der Waals surface area contributed by atoms with Crippen molar-refractivity contribution in [3.8, 4) is 0 Å². The Kier molecular flexibility index (Phi) is 1.17. The van der Waals surface area contributed by atoms with Gasteiger partial charge in [0.1, 0.15) is 0 Å². The Morgan fingerprint density at radius 3 is 3.00 bits per heavy atom. The molecule has 0 heterocycles. The van der Waals surface area contributed by atoms with E-state index in [-0.39, 0.29) is 6.10 Å². The van der Waals surface area contributed by atoms with E-state index in [4.69, 9.17) is 0 Å². The van der Waals surface area contributed by atoms with Crippen LogP contribution in [0.25, 0.3) is 0 Å². The topological polar surface area (TPSA) is 20.2 Å². The first kappa shape index (κ1) is 6.67. The molecule has 1 nitrogen and oxygen atoms in total. The molecule has 3 rings (SSSR count). The predicted octanol–water partition coefficient (Wildman–Crippen LogP) is 1.71. The molecule has 12 heavy (non-hydrogen) atoms. The number of benzene rings is 1. The summed E-state index contributed by atoms with van der Waals surface area (Å²) < 4.78 is 0. The van der Waals surface area contributed by atoms with Crippen LogP contribution in [0.1, 0.15) is 23.5 Å². The van der Waals surface area contributed by atoms with Gasteiger partial charge >= 0.3 is 0 Å². The number of rotatable bonds is 0. The molecule has 2 aliphatic rings. The monoisotopic (exact) mass is 160 g/mol. The number of aliphatic hydroxyl groups is 1. The van der Waals surface area contributed by atoms with Gasteiger partial charge in [0.2, 0.25) is 0 Å². The number of aliphatic hydroxyl groups excluding tert-OH is 1. The van der Waals surface area contributed by atoms with Crippen molar-refractivity contribution in [2.75, 3.05) is 0 Å². The highest BCUT2D eigenvalue weighted by Gasteiger charge is 2.47. The van der Waals surface area contributed by atoms with Gasteiger partial charge in [-0.3, -0.25) is 0 Å². The maximum absolute atomic E-state index is 9.67. The van der Waals surface area contributed by atoms with E-state index < -0.39 is 0 Å². The zero-order valence-electron chi connectivity index (χ0n) is 6.90. The molecule has 1 fully saturated rings. The van der Waals surface area contributed by atoms with Crippen LogP contribution in [0.2, 0.25) is 0 Å². The van der Waals surface area contributed by atoms with Crippen molar-refractivity contribution < 1.29 is 5.11 Å². The molecule has 0 aromatic heterocycles. The van der Waals surface area contributed by atoms with Gasteiger partial charge in [0.05, 0.1) is 6.10 Å². The van der Waals surface area contributed by atoms with Gasteiger partial charge in [-0.05, 0) is 35.8 Å². The highest BCUT2D eigenvalue weighted by molar-refractivity contribution is 5.38. The zero-order chi connectivity index (χ0) is 8.13. The summed E-state index contributed by atoms with van der Waals surface area (Å²) >= 11 is 0. The van der Waals surface area contributed by atoms with E-state index >= 15 is 0 Å². The summed E-state index contributed by atoms with van der Waals surface area (Å²) in [5.74, 6) is 1.27. The highest BCUT2D eigenvalue weighted by Crippen LogP contribution is 2.54. The summed E-state index contributed by atoms with van der Waals surface area (Å²) in [7, 11) is 0. The predicted molar refractivity (Wildman–Crippen MR) is 47.0 cm³/mol. The number of hydrogen-bond donors (Lipinski definition) is 1. The molecule has 1 heteroatoms. The zero-order valence-corrected chi connectivity index (χ0v) is 6.90. The van der Waals surface area contributed by atoms with Crippen LogP contribution in [0.15, 0.2) is 24.3 Å². The smallest absolute Gasteiger partial charge is 0.0614 e. The molecule has 62 valence electrons. The Bertz CT molecular complexity index is 319. The molecular weight excluding hydrogens is 148 g/mol. The molecule has 2 aliphatic carbocycles. The van der Waals surface area contributed by atoms with Crippen LogP contribution in [0.4, 0.5) is 0 Å². The summed E-state index contributed by atoms with van der Waals surface area (Å²) in [6.45, 7) is 0. The van der Waals surface area contributed by atoms with Crippen molar-refractivity contribution in [1.82, 2.24) is 0 Å². The van der Waals surface area contributed by atoms with Crippen LogP contribution in [-0.2, 0) is 6.42 Å². The summed E-state index contributed by atoms with van der Waals surface area (Å²) in [5.41, 5.74) is 2.86. The van der Waals surface area contributed by atoms with Crippen LogP contribution in [0.3, 0.4) is 0 Å². The van der Waals surface area contributed by atoms with E-state index in [0.29, 0.717) is 11.8 Å². The Morgan fingerprint density at radius 1 is 1.25 bits per heavy atom. The van der Waals surface area contributed by atoms with Crippen LogP contribution in [-0.4, -0.2) is 11.2 Å². The highest BCUT2D eigenvalue weighted by atomic mass is 16.3. The molecule has 1 N–H and O–H groups in total. The third-order valence-electron chi connectivity index (χ3n) is 3.22. The third-order valence-corrected chi connectivity index (χ3v) is 3.22. The quantitative estimate of drug-likeness (QED) is 0.612. The molecule has 3 atom stereocenters. The second-order valence-electron chi connectivity index (χ2n) is 3.98. The fourth-order valence-corrected chi connectivity index (χ4v) is 2.46. The normalized spacial score (nSPS) is 36.9. The van der Waals surface area contributed by atoms with Gasteiger partial charge in [-0.25, -0.2) is 0 Å². The van der Waals surface area contributed by atoms with Gasteiger partial charge in [-0.2, -0.15) is 0 Å². The first-order valence-corrected chi connectivity index (χ1v) is 4.62. The van der Waals surface area contributed by atoms with Gasteiger partial charge in [0, 0.05) is 0 Å².